The molecule has 4 rings (SSSR count). The number of thioether (sulfide) groups is 1. The van der Waals surface area contributed by atoms with Gasteiger partial charge in [0, 0.05) is 28.8 Å². The molecular weight excluding hydrogens is 382 g/mol. The molecule has 3 unspecified atom stereocenters. The zero-order valence-electron chi connectivity index (χ0n) is 13.2. The summed E-state index contributed by atoms with van der Waals surface area (Å²) in [7, 11) is 0. The topological polar surface area (TPSA) is 80.4 Å². The molecule has 2 heterocycles. The molecule has 0 radical (unpaired) electrons. The standard InChI is InChI=1S/C17H13ClF2N4OS/c18-7-1-2-12(22-6-7)16(25)23-8-3-10(14(20)11(19)4-8)15-9-5-13(9)26-17(21)24-15/h1-4,6,9,13,15H,5H2,(H2,21,24)(H,23,25). The SMILES string of the molecule is NC1=NC(c2cc(NC(=O)c3ccc(Cl)cn3)cc(F)c2F)C2CC2S1. The lowest BCUT2D eigenvalue weighted by atomic mass is 10.0. The summed E-state index contributed by atoms with van der Waals surface area (Å²) >= 11 is 7.20. The molecule has 2 aromatic rings. The summed E-state index contributed by atoms with van der Waals surface area (Å²) in [4.78, 5) is 20.4. The van der Waals surface area contributed by atoms with E-state index in [1.807, 2.05) is 0 Å². The van der Waals surface area contributed by atoms with Gasteiger partial charge in [-0.25, -0.2) is 13.8 Å². The number of rotatable bonds is 3. The van der Waals surface area contributed by atoms with Crippen LogP contribution in [-0.4, -0.2) is 21.3 Å². The van der Waals surface area contributed by atoms with Gasteiger partial charge in [0.1, 0.15) is 5.69 Å². The third-order valence-corrected chi connectivity index (χ3v) is 5.73. The van der Waals surface area contributed by atoms with Gasteiger partial charge in [-0.2, -0.15) is 0 Å². The van der Waals surface area contributed by atoms with Crippen molar-refractivity contribution in [2.45, 2.75) is 17.7 Å². The Bertz CT molecular complexity index is 922. The molecule has 1 fully saturated rings. The van der Waals surface area contributed by atoms with Crippen LogP contribution in [0, 0.1) is 17.6 Å². The summed E-state index contributed by atoms with van der Waals surface area (Å²) in [5.74, 6) is -2.44. The van der Waals surface area contributed by atoms with Gasteiger partial charge in [-0.3, -0.25) is 9.79 Å². The molecule has 3 atom stereocenters. The lowest BCUT2D eigenvalue weighted by Crippen LogP contribution is -2.19. The number of carbonyl (C=O) groups is 1. The maximum absolute atomic E-state index is 14.4. The number of halogens is 3. The predicted molar refractivity (Wildman–Crippen MR) is 97.4 cm³/mol. The Kier molecular flexibility index (Phi) is 4.32. The van der Waals surface area contributed by atoms with Crippen LogP contribution in [0.5, 0.6) is 0 Å². The number of aromatic nitrogens is 1. The van der Waals surface area contributed by atoms with E-state index < -0.39 is 23.6 Å². The van der Waals surface area contributed by atoms with E-state index >= 15 is 0 Å². The minimum absolute atomic E-state index is 0.0973. The van der Waals surface area contributed by atoms with Crippen molar-refractivity contribution in [1.82, 2.24) is 4.98 Å². The highest BCUT2D eigenvalue weighted by Gasteiger charge is 2.48. The first-order valence-electron chi connectivity index (χ1n) is 7.84. The second-order valence-electron chi connectivity index (χ2n) is 6.15. The van der Waals surface area contributed by atoms with Crippen molar-refractivity contribution in [3.05, 3.63) is 58.4 Å². The average Bonchev–Trinajstić information content (AvgIpc) is 3.37. The largest absolute Gasteiger partial charge is 0.379 e. The number of hydrogen-bond acceptors (Lipinski definition) is 5. The second kappa shape index (κ2) is 6.51. The van der Waals surface area contributed by atoms with Gasteiger partial charge in [0.2, 0.25) is 0 Å². The van der Waals surface area contributed by atoms with Gasteiger partial charge in [-0.05, 0) is 30.5 Å². The number of amidine groups is 1. The van der Waals surface area contributed by atoms with E-state index in [9.17, 15) is 13.6 Å². The van der Waals surface area contributed by atoms with Gasteiger partial charge < -0.3 is 11.1 Å². The van der Waals surface area contributed by atoms with Crippen molar-refractivity contribution in [2.75, 3.05) is 5.32 Å². The van der Waals surface area contributed by atoms with Crippen molar-refractivity contribution in [3.8, 4) is 0 Å². The summed E-state index contributed by atoms with van der Waals surface area (Å²) in [5, 5.41) is 3.58. The van der Waals surface area contributed by atoms with Gasteiger partial charge in [0.05, 0.1) is 11.1 Å². The van der Waals surface area contributed by atoms with Gasteiger partial charge in [-0.15, -0.1) is 0 Å². The second-order valence-corrected chi connectivity index (χ2v) is 7.84. The maximum Gasteiger partial charge on any atom is 0.274 e. The molecule has 9 heteroatoms. The van der Waals surface area contributed by atoms with Crippen molar-refractivity contribution in [3.63, 3.8) is 0 Å². The zero-order valence-corrected chi connectivity index (χ0v) is 14.8. The van der Waals surface area contributed by atoms with Crippen LogP contribution in [0.3, 0.4) is 0 Å². The van der Waals surface area contributed by atoms with E-state index in [-0.39, 0.29) is 28.1 Å². The molecule has 1 aliphatic heterocycles. The van der Waals surface area contributed by atoms with Crippen LogP contribution in [0.1, 0.15) is 28.5 Å². The molecule has 0 bridgehead atoms. The molecule has 26 heavy (non-hydrogen) atoms. The molecule has 3 N–H and O–H groups in total. The molecule has 2 aliphatic rings. The molecule has 1 aliphatic carbocycles. The third kappa shape index (κ3) is 3.26. The third-order valence-electron chi connectivity index (χ3n) is 4.32. The maximum atomic E-state index is 14.4. The van der Waals surface area contributed by atoms with Crippen molar-refractivity contribution < 1.29 is 13.6 Å². The summed E-state index contributed by atoms with van der Waals surface area (Å²) in [6.45, 7) is 0. The summed E-state index contributed by atoms with van der Waals surface area (Å²) < 4.78 is 28.5. The van der Waals surface area contributed by atoms with Crippen LogP contribution in [0.15, 0.2) is 35.5 Å². The van der Waals surface area contributed by atoms with E-state index in [0.29, 0.717) is 10.2 Å². The molecule has 5 nitrogen and oxygen atoms in total. The highest BCUT2D eigenvalue weighted by atomic mass is 35.5. The monoisotopic (exact) mass is 394 g/mol. The number of nitrogens with two attached hydrogens (primary N) is 1. The molecule has 1 amide bonds. The molecule has 134 valence electrons. The number of hydrogen-bond donors (Lipinski definition) is 2. The highest BCUT2D eigenvalue weighted by molar-refractivity contribution is 8.14. The van der Waals surface area contributed by atoms with Crippen molar-refractivity contribution in [1.29, 1.82) is 0 Å². The van der Waals surface area contributed by atoms with Gasteiger partial charge in [0.25, 0.3) is 5.91 Å². The Balaban J connectivity index is 1.63. The summed E-state index contributed by atoms with van der Waals surface area (Å²) in [5.41, 5.74) is 6.12. The van der Waals surface area contributed by atoms with Gasteiger partial charge in [0.15, 0.2) is 16.8 Å². The van der Waals surface area contributed by atoms with Crippen LogP contribution < -0.4 is 11.1 Å². The minimum Gasteiger partial charge on any atom is -0.379 e. The Labute approximate surface area is 157 Å². The van der Waals surface area contributed by atoms with Crippen LogP contribution in [-0.2, 0) is 0 Å². The van der Waals surface area contributed by atoms with Crippen LogP contribution in [0.4, 0.5) is 14.5 Å². The van der Waals surface area contributed by atoms with Crippen LogP contribution >= 0.6 is 23.4 Å². The van der Waals surface area contributed by atoms with Gasteiger partial charge in [-0.1, -0.05) is 23.4 Å². The quantitative estimate of drug-likeness (QED) is 0.830. The lowest BCUT2D eigenvalue weighted by molar-refractivity contribution is 0.102. The molecule has 1 aromatic carbocycles. The summed E-state index contributed by atoms with van der Waals surface area (Å²) in [6.07, 6.45) is 2.18. The number of pyridine rings is 1. The number of aliphatic imine (C=N–C) groups is 1. The first kappa shape index (κ1) is 17.2. The van der Waals surface area contributed by atoms with Crippen LogP contribution in [0.2, 0.25) is 5.02 Å². The fraction of sp³-hybridized carbons (Fsp3) is 0.235. The number of nitrogens with one attached hydrogen (secondary N) is 1. The van der Waals surface area contributed by atoms with E-state index in [1.54, 1.807) is 0 Å². The number of carbonyl (C=O) groups excluding carboxylic acids is 1. The normalized spacial score (nSPS) is 23.8. The average molecular weight is 395 g/mol. The van der Waals surface area contributed by atoms with E-state index in [1.165, 1.54) is 36.2 Å². The first-order chi connectivity index (χ1) is 12.4. The Morgan fingerprint density at radius 1 is 1.35 bits per heavy atom. The number of nitrogens with zero attached hydrogens (tertiary/aromatic N) is 2. The minimum atomic E-state index is -1.05. The Morgan fingerprint density at radius 2 is 2.15 bits per heavy atom. The number of benzene rings is 1. The Morgan fingerprint density at radius 3 is 2.88 bits per heavy atom. The fourth-order valence-electron chi connectivity index (χ4n) is 2.98. The highest BCUT2D eigenvalue weighted by Crippen LogP contribution is 2.54. The molecular formula is C17H13ClF2N4OS. The first-order valence-corrected chi connectivity index (χ1v) is 9.10. The molecule has 1 saturated carbocycles. The predicted octanol–water partition coefficient (Wildman–Crippen LogP) is 3.76. The molecule has 1 aromatic heterocycles. The fourth-order valence-corrected chi connectivity index (χ4v) is 4.22. The van der Waals surface area contributed by atoms with E-state index in [2.05, 4.69) is 15.3 Å². The van der Waals surface area contributed by atoms with E-state index in [0.717, 1.165) is 12.5 Å². The van der Waals surface area contributed by atoms with Crippen molar-refractivity contribution >= 4 is 40.1 Å². The smallest absolute Gasteiger partial charge is 0.274 e. The number of fused-ring (bicyclic) bond motifs is 1. The van der Waals surface area contributed by atoms with E-state index in [4.69, 9.17) is 17.3 Å². The zero-order chi connectivity index (χ0) is 18.4. The molecule has 0 spiro atoms. The summed E-state index contributed by atoms with van der Waals surface area (Å²) in [6, 6.07) is 4.75. The van der Waals surface area contributed by atoms with Crippen LogP contribution in [0.25, 0.3) is 0 Å². The number of anilines is 1. The molecule has 0 saturated heterocycles. The lowest BCUT2D eigenvalue weighted by Gasteiger charge is -2.19. The van der Waals surface area contributed by atoms with Gasteiger partial charge >= 0.3 is 0 Å². The van der Waals surface area contributed by atoms with Crippen molar-refractivity contribution in [2.24, 2.45) is 16.6 Å². The number of amides is 1. The Hall–Kier alpha value is -2.19.